The minimum Gasteiger partial charge on any atom is -0.497 e. The molecular formula is C21H23Cl3N2O6S. The number of anilines is 1. The highest BCUT2D eigenvalue weighted by Crippen LogP contribution is 2.38. The predicted octanol–water partition coefficient (Wildman–Crippen LogP) is 4.96. The van der Waals surface area contributed by atoms with Gasteiger partial charge in [-0.25, -0.2) is 9.59 Å². The molecule has 0 unspecified atom stereocenters. The zero-order chi connectivity index (χ0) is 24.8. The van der Waals surface area contributed by atoms with Gasteiger partial charge in [0.25, 0.3) is 5.91 Å². The SMILES string of the molecule is CCOC(=O)c1sc(N[C@@H](NC(=O)c2ccc(OC)cc2)C(Cl)(Cl)Cl)c(C(=O)OCC)c1C. The van der Waals surface area contributed by atoms with Crippen molar-refractivity contribution in [1.82, 2.24) is 5.32 Å². The van der Waals surface area contributed by atoms with Gasteiger partial charge in [0.15, 0.2) is 0 Å². The quantitative estimate of drug-likeness (QED) is 0.265. The number of benzene rings is 1. The molecule has 0 saturated carbocycles. The van der Waals surface area contributed by atoms with E-state index in [1.54, 1.807) is 45.0 Å². The maximum absolute atomic E-state index is 12.7. The van der Waals surface area contributed by atoms with E-state index < -0.39 is 27.8 Å². The lowest BCUT2D eigenvalue weighted by Gasteiger charge is -2.27. The molecule has 1 amide bonds. The van der Waals surface area contributed by atoms with Crippen molar-refractivity contribution in [2.24, 2.45) is 0 Å². The Kier molecular flexibility index (Phi) is 9.66. The van der Waals surface area contributed by atoms with Gasteiger partial charge in [-0.15, -0.1) is 11.3 Å². The van der Waals surface area contributed by atoms with Crippen LogP contribution < -0.4 is 15.4 Å². The van der Waals surface area contributed by atoms with Crippen molar-refractivity contribution in [3.8, 4) is 5.75 Å². The number of amides is 1. The summed E-state index contributed by atoms with van der Waals surface area (Å²) in [6.45, 7) is 5.17. The highest BCUT2D eigenvalue weighted by molar-refractivity contribution is 7.18. The summed E-state index contributed by atoms with van der Waals surface area (Å²) in [7, 11) is 1.51. The van der Waals surface area contributed by atoms with Gasteiger partial charge in [0, 0.05) is 5.56 Å². The fourth-order valence-corrected chi connectivity index (χ4v) is 4.19. The normalized spacial score (nSPS) is 12.0. The molecule has 0 aliphatic heterocycles. The molecule has 2 rings (SSSR count). The van der Waals surface area contributed by atoms with Crippen molar-refractivity contribution in [2.75, 3.05) is 25.6 Å². The number of halogens is 3. The molecule has 33 heavy (non-hydrogen) atoms. The summed E-state index contributed by atoms with van der Waals surface area (Å²) < 4.78 is 13.2. The van der Waals surface area contributed by atoms with E-state index in [0.717, 1.165) is 11.3 Å². The molecule has 0 saturated heterocycles. The van der Waals surface area contributed by atoms with Gasteiger partial charge in [-0.2, -0.15) is 0 Å². The Morgan fingerprint density at radius 1 is 1.03 bits per heavy atom. The molecule has 0 bridgehead atoms. The highest BCUT2D eigenvalue weighted by atomic mass is 35.6. The lowest BCUT2D eigenvalue weighted by atomic mass is 10.1. The number of carbonyl (C=O) groups excluding carboxylic acids is 3. The van der Waals surface area contributed by atoms with E-state index in [2.05, 4.69) is 10.6 Å². The Morgan fingerprint density at radius 3 is 2.12 bits per heavy atom. The number of ether oxygens (including phenoxy) is 3. The number of alkyl halides is 3. The third kappa shape index (κ3) is 6.89. The zero-order valence-electron chi connectivity index (χ0n) is 18.3. The van der Waals surface area contributed by atoms with Crippen LogP contribution in [0.1, 0.15) is 49.8 Å². The van der Waals surface area contributed by atoms with Gasteiger partial charge in [-0.05, 0) is 50.6 Å². The Hall–Kier alpha value is -2.20. The van der Waals surface area contributed by atoms with Crippen LogP contribution in [0.25, 0.3) is 0 Å². The first-order valence-electron chi connectivity index (χ1n) is 9.79. The van der Waals surface area contributed by atoms with Crippen molar-refractivity contribution < 1.29 is 28.6 Å². The lowest BCUT2D eigenvalue weighted by molar-refractivity contribution is 0.0527. The molecule has 1 atom stereocenters. The van der Waals surface area contributed by atoms with E-state index in [1.165, 1.54) is 7.11 Å². The maximum Gasteiger partial charge on any atom is 0.348 e. The molecule has 2 N–H and O–H groups in total. The average molecular weight is 538 g/mol. The first-order chi connectivity index (χ1) is 15.5. The standard InChI is InChI=1S/C21H23Cl3N2O6S/c1-5-31-18(28)14-11(3)15(19(29)32-6-2)33-17(14)26-20(21(22,23)24)25-16(27)12-7-9-13(30-4)10-8-12/h7-10,20,26H,5-6H2,1-4H3,(H,25,27)/t20-/m1/s1. The molecule has 0 spiro atoms. The largest absolute Gasteiger partial charge is 0.497 e. The van der Waals surface area contributed by atoms with Crippen LogP contribution in [0.5, 0.6) is 5.75 Å². The van der Waals surface area contributed by atoms with Gasteiger partial charge in [0.05, 0.1) is 25.9 Å². The summed E-state index contributed by atoms with van der Waals surface area (Å²) in [5, 5.41) is 5.64. The summed E-state index contributed by atoms with van der Waals surface area (Å²) in [5.41, 5.74) is 0.726. The number of carbonyl (C=O) groups is 3. The zero-order valence-corrected chi connectivity index (χ0v) is 21.4. The Balaban J connectivity index is 2.40. The second-order valence-corrected chi connectivity index (χ2v) is 9.91. The summed E-state index contributed by atoms with van der Waals surface area (Å²) >= 11 is 19.3. The number of esters is 2. The van der Waals surface area contributed by atoms with Crippen molar-refractivity contribution in [2.45, 2.75) is 30.7 Å². The number of thiophene rings is 1. The van der Waals surface area contributed by atoms with Crippen LogP contribution >= 0.6 is 46.1 Å². The average Bonchev–Trinajstić information content (AvgIpc) is 3.09. The van der Waals surface area contributed by atoms with Gasteiger partial charge in [0.1, 0.15) is 21.8 Å². The summed E-state index contributed by atoms with van der Waals surface area (Å²) in [5.74, 6) is -1.25. The van der Waals surface area contributed by atoms with E-state index in [9.17, 15) is 14.4 Å². The Bertz CT molecular complexity index is 1000. The van der Waals surface area contributed by atoms with Crippen molar-refractivity contribution in [1.29, 1.82) is 0 Å². The van der Waals surface area contributed by atoms with Crippen LogP contribution in [0.3, 0.4) is 0 Å². The molecule has 12 heteroatoms. The molecule has 1 heterocycles. The van der Waals surface area contributed by atoms with Crippen molar-refractivity contribution >= 4 is 69.0 Å². The van der Waals surface area contributed by atoms with Crippen LogP contribution in [0.15, 0.2) is 24.3 Å². The minimum absolute atomic E-state index is 0.0860. The number of rotatable bonds is 9. The van der Waals surface area contributed by atoms with Gasteiger partial charge < -0.3 is 24.8 Å². The van der Waals surface area contributed by atoms with E-state index in [4.69, 9.17) is 49.0 Å². The van der Waals surface area contributed by atoms with Gasteiger partial charge in [-0.1, -0.05) is 34.8 Å². The number of nitrogens with one attached hydrogen (secondary N) is 2. The van der Waals surface area contributed by atoms with E-state index in [1.807, 2.05) is 0 Å². The van der Waals surface area contributed by atoms with Crippen LogP contribution in [-0.2, 0) is 9.47 Å². The summed E-state index contributed by atoms with van der Waals surface area (Å²) in [6, 6.07) is 6.31. The third-order valence-corrected chi connectivity index (χ3v) is 6.18. The fourth-order valence-electron chi connectivity index (χ4n) is 2.74. The molecule has 2 aromatic rings. The monoisotopic (exact) mass is 536 g/mol. The molecule has 1 aromatic carbocycles. The van der Waals surface area contributed by atoms with E-state index >= 15 is 0 Å². The van der Waals surface area contributed by atoms with Crippen molar-refractivity contribution in [3.05, 3.63) is 45.8 Å². The van der Waals surface area contributed by atoms with Crippen LogP contribution in [0.2, 0.25) is 0 Å². The molecule has 0 radical (unpaired) electrons. The third-order valence-electron chi connectivity index (χ3n) is 4.32. The highest BCUT2D eigenvalue weighted by Gasteiger charge is 2.37. The van der Waals surface area contributed by atoms with Gasteiger partial charge in [-0.3, -0.25) is 4.79 Å². The second kappa shape index (κ2) is 11.8. The Labute approximate surface area is 210 Å². The molecule has 0 aliphatic rings. The van der Waals surface area contributed by atoms with E-state index in [0.29, 0.717) is 11.3 Å². The van der Waals surface area contributed by atoms with Crippen LogP contribution in [0.4, 0.5) is 5.00 Å². The van der Waals surface area contributed by atoms with Gasteiger partial charge in [0.2, 0.25) is 3.79 Å². The lowest BCUT2D eigenvalue weighted by Crippen LogP contribution is -2.49. The smallest absolute Gasteiger partial charge is 0.348 e. The summed E-state index contributed by atoms with van der Waals surface area (Å²) in [4.78, 5) is 37.9. The predicted molar refractivity (Wildman–Crippen MR) is 129 cm³/mol. The fraction of sp³-hybridized carbons (Fsp3) is 0.381. The summed E-state index contributed by atoms with van der Waals surface area (Å²) in [6.07, 6.45) is -1.27. The second-order valence-electron chi connectivity index (χ2n) is 6.52. The van der Waals surface area contributed by atoms with E-state index in [-0.39, 0.29) is 34.2 Å². The molecule has 0 aliphatic carbocycles. The number of hydrogen-bond acceptors (Lipinski definition) is 8. The molecule has 1 aromatic heterocycles. The molecule has 0 fully saturated rings. The van der Waals surface area contributed by atoms with Crippen molar-refractivity contribution in [3.63, 3.8) is 0 Å². The van der Waals surface area contributed by atoms with Gasteiger partial charge >= 0.3 is 11.9 Å². The number of hydrogen-bond donors (Lipinski definition) is 2. The molecule has 8 nitrogen and oxygen atoms in total. The first-order valence-corrected chi connectivity index (χ1v) is 11.7. The first kappa shape index (κ1) is 27.0. The van der Waals surface area contributed by atoms with Crippen LogP contribution in [-0.4, -0.2) is 48.1 Å². The topological polar surface area (TPSA) is 103 Å². The maximum atomic E-state index is 12.7. The molecule has 180 valence electrons. The minimum atomic E-state index is -2.02. The van der Waals surface area contributed by atoms with Crippen LogP contribution in [0, 0.1) is 6.92 Å². The number of methoxy groups -OCH3 is 1. The Morgan fingerprint density at radius 2 is 1.61 bits per heavy atom. The molecular weight excluding hydrogens is 515 g/mol.